The first-order valence-electron chi connectivity index (χ1n) is 3.88. The van der Waals surface area contributed by atoms with Crippen LogP contribution in [0.2, 0.25) is 0 Å². The lowest BCUT2D eigenvalue weighted by atomic mass is 9.72. The highest BCUT2D eigenvalue weighted by molar-refractivity contribution is 4.89. The molecular formula is C8H14. The van der Waals surface area contributed by atoms with Crippen LogP contribution in [-0.4, -0.2) is 0 Å². The quantitative estimate of drug-likeness (QED) is 0.486. The van der Waals surface area contributed by atoms with Crippen molar-refractivity contribution in [2.45, 2.75) is 32.6 Å². The van der Waals surface area contributed by atoms with E-state index in [1.165, 1.54) is 12.3 Å². The molecule has 2 aliphatic carbocycles. The van der Waals surface area contributed by atoms with Crippen molar-refractivity contribution in [1.29, 1.82) is 0 Å². The molecule has 0 N–H and O–H groups in total. The molecule has 2 fully saturated rings. The number of rotatable bonds is 1. The molecule has 8 heavy (non-hydrogen) atoms. The lowest BCUT2D eigenvalue weighted by Gasteiger charge is -2.33. The van der Waals surface area contributed by atoms with Crippen LogP contribution in [0.3, 0.4) is 0 Å². The molecule has 46 valence electrons. The minimum Gasteiger partial charge on any atom is -0.0622 e. The van der Waals surface area contributed by atoms with Crippen LogP contribution in [0.1, 0.15) is 32.6 Å². The monoisotopic (exact) mass is 110 g/mol. The SMILES string of the molecule is CC1CCC1C1CC1. The molecule has 0 heterocycles. The van der Waals surface area contributed by atoms with Crippen molar-refractivity contribution in [3.63, 3.8) is 0 Å². The van der Waals surface area contributed by atoms with Crippen molar-refractivity contribution in [1.82, 2.24) is 0 Å². The lowest BCUT2D eigenvalue weighted by molar-refractivity contribution is 0.169. The van der Waals surface area contributed by atoms with Gasteiger partial charge in [-0.15, -0.1) is 0 Å². The molecule has 2 rings (SSSR count). The van der Waals surface area contributed by atoms with Crippen molar-refractivity contribution in [3.05, 3.63) is 0 Å². The molecule has 0 amide bonds. The van der Waals surface area contributed by atoms with Gasteiger partial charge in [-0.1, -0.05) is 13.3 Å². The average molecular weight is 110 g/mol. The molecule has 0 aromatic heterocycles. The second kappa shape index (κ2) is 1.49. The van der Waals surface area contributed by atoms with Gasteiger partial charge >= 0.3 is 0 Å². The molecule has 0 radical (unpaired) electrons. The van der Waals surface area contributed by atoms with Crippen LogP contribution in [0.5, 0.6) is 0 Å². The molecule has 2 saturated carbocycles. The smallest absolute Gasteiger partial charge is 0.0360 e. The van der Waals surface area contributed by atoms with E-state index < -0.39 is 0 Å². The zero-order valence-electron chi connectivity index (χ0n) is 5.56. The standard InChI is InChI=1S/C8H14/c1-6-2-5-8(6)7-3-4-7/h6-8H,2-5H2,1H3. The third-order valence-corrected chi connectivity index (χ3v) is 2.91. The summed E-state index contributed by atoms with van der Waals surface area (Å²) in [6.45, 7) is 2.41. The topological polar surface area (TPSA) is 0 Å². The first-order valence-corrected chi connectivity index (χ1v) is 3.88. The Hall–Kier alpha value is 0. The number of hydrogen-bond donors (Lipinski definition) is 0. The van der Waals surface area contributed by atoms with Crippen LogP contribution in [-0.2, 0) is 0 Å². The van der Waals surface area contributed by atoms with Crippen LogP contribution in [0.4, 0.5) is 0 Å². The molecule has 0 heteroatoms. The van der Waals surface area contributed by atoms with Crippen LogP contribution in [0, 0.1) is 17.8 Å². The van der Waals surface area contributed by atoms with Crippen LogP contribution in [0.25, 0.3) is 0 Å². The molecule has 0 nitrogen and oxygen atoms in total. The maximum Gasteiger partial charge on any atom is -0.0360 e. The third-order valence-electron chi connectivity index (χ3n) is 2.91. The van der Waals surface area contributed by atoms with Gasteiger partial charge in [0.2, 0.25) is 0 Å². The Morgan fingerprint density at radius 3 is 1.88 bits per heavy atom. The summed E-state index contributed by atoms with van der Waals surface area (Å²) in [5.41, 5.74) is 0. The van der Waals surface area contributed by atoms with E-state index in [0.29, 0.717) is 0 Å². The maximum absolute atomic E-state index is 2.41. The Labute approximate surface area is 51.3 Å². The van der Waals surface area contributed by atoms with E-state index in [-0.39, 0.29) is 0 Å². The lowest BCUT2D eigenvalue weighted by Crippen LogP contribution is -2.24. The van der Waals surface area contributed by atoms with Gasteiger partial charge in [0.15, 0.2) is 0 Å². The van der Waals surface area contributed by atoms with Gasteiger partial charge in [-0.2, -0.15) is 0 Å². The van der Waals surface area contributed by atoms with E-state index in [9.17, 15) is 0 Å². The highest BCUT2D eigenvalue weighted by atomic mass is 14.4. The fraction of sp³-hybridized carbons (Fsp3) is 1.00. The van der Waals surface area contributed by atoms with E-state index in [4.69, 9.17) is 0 Å². The summed E-state index contributed by atoms with van der Waals surface area (Å²) >= 11 is 0. The van der Waals surface area contributed by atoms with E-state index in [0.717, 1.165) is 11.8 Å². The summed E-state index contributed by atoms with van der Waals surface area (Å²) in [6, 6.07) is 0. The van der Waals surface area contributed by atoms with Gasteiger partial charge in [0.25, 0.3) is 0 Å². The largest absolute Gasteiger partial charge is 0.0622 e. The van der Waals surface area contributed by atoms with Gasteiger partial charge in [-0.3, -0.25) is 0 Å². The molecule has 0 saturated heterocycles. The van der Waals surface area contributed by atoms with Crippen molar-refractivity contribution >= 4 is 0 Å². The predicted octanol–water partition coefficient (Wildman–Crippen LogP) is 2.44. The second-order valence-corrected chi connectivity index (χ2v) is 3.56. The summed E-state index contributed by atoms with van der Waals surface area (Å²) in [5.74, 6) is 3.43. The van der Waals surface area contributed by atoms with E-state index >= 15 is 0 Å². The van der Waals surface area contributed by atoms with E-state index in [1.54, 1.807) is 19.3 Å². The van der Waals surface area contributed by atoms with Gasteiger partial charge in [-0.05, 0) is 37.0 Å². The van der Waals surface area contributed by atoms with Gasteiger partial charge in [0, 0.05) is 0 Å². The molecule has 0 aliphatic heterocycles. The Kier molecular flexibility index (Phi) is 0.902. The first-order chi connectivity index (χ1) is 3.88. The zero-order chi connectivity index (χ0) is 5.56. The van der Waals surface area contributed by atoms with Crippen molar-refractivity contribution in [3.8, 4) is 0 Å². The van der Waals surface area contributed by atoms with Crippen LogP contribution >= 0.6 is 0 Å². The van der Waals surface area contributed by atoms with Gasteiger partial charge in [0.1, 0.15) is 0 Å². The third kappa shape index (κ3) is 0.586. The van der Waals surface area contributed by atoms with Crippen molar-refractivity contribution in [2.24, 2.45) is 17.8 Å². The van der Waals surface area contributed by atoms with Gasteiger partial charge < -0.3 is 0 Å². The van der Waals surface area contributed by atoms with Crippen LogP contribution in [0.15, 0.2) is 0 Å². The predicted molar refractivity (Wildman–Crippen MR) is 34.6 cm³/mol. The molecule has 2 aliphatic rings. The Morgan fingerprint density at radius 2 is 1.75 bits per heavy atom. The molecule has 2 unspecified atom stereocenters. The Bertz CT molecular complexity index is 90.2. The molecular weight excluding hydrogens is 96.1 g/mol. The van der Waals surface area contributed by atoms with Crippen molar-refractivity contribution < 1.29 is 0 Å². The normalized spacial score (nSPS) is 46.1. The second-order valence-electron chi connectivity index (χ2n) is 3.56. The summed E-state index contributed by atoms with van der Waals surface area (Å²) < 4.78 is 0. The average Bonchev–Trinajstić information content (AvgIpc) is 2.46. The Balaban J connectivity index is 1.87. The molecule has 2 atom stereocenters. The molecule has 0 spiro atoms. The highest BCUT2D eigenvalue weighted by Gasteiger charge is 2.39. The van der Waals surface area contributed by atoms with E-state index in [1.807, 2.05) is 0 Å². The molecule has 0 bridgehead atoms. The number of hydrogen-bond acceptors (Lipinski definition) is 0. The fourth-order valence-corrected chi connectivity index (χ4v) is 1.92. The molecule has 0 aromatic rings. The highest BCUT2D eigenvalue weighted by Crippen LogP contribution is 2.49. The molecule has 0 aromatic carbocycles. The van der Waals surface area contributed by atoms with Crippen LogP contribution < -0.4 is 0 Å². The van der Waals surface area contributed by atoms with Gasteiger partial charge in [-0.25, -0.2) is 0 Å². The zero-order valence-corrected chi connectivity index (χ0v) is 5.56. The van der Waals surface area contributed by atoms with E-state index in [2.05, 4.69) is 6.92 Å². The minimum absolute atomic E-state index is 1.09. The summed E-state index contributed by atoms with van der Waals surface area (Å²) in [7, 11) is 0. The van der Waals surface area contributed by atoms with Gasteiger partial charge in [0.05, 0.1) is 0 Å². The summed E-state index contributed by atoms with van der Waals surface area (Å²) in [5, 5.41) is 0. The Morgan fingerprint density at radius 1 is 1.00 bits per heavy atom. The first kappa shape index (κ1) is 4.84. The fourth-order valence-electron chi connectivity index (χ4n) is 1.92. The van der Waals surface area contributed by atoms with Crippen molar-refractivity contribution in [2.75, 3.05) is 0 Å². The minimum atomic E-state index is 1.09. The maximum atomic E-state index is 2.41. The summed E-state index contributed by atoms with van der Waals surface area (Å²) in [4.78, 5) is 0. The summed E-state index contributed by atoms with van der Waals surface area (Å²) in [6.07, 6.45) is 6.16.